The lowest BCUT2D eigenvalue weighted by Crippen LogP contribution is -2.25. The van der Waals surface area contributed by atoms with Crippen molar-refractivity contribution in [2.45, 2.75) is 32.6 Å². The molecule has 0 bridgehead atoms. The highest BCUT2D eigenvalue weighted by molar-refractivity contribution is 6.33. The van der Waals surface area contributed by atoms with Crippen molar-refractivity contribution < 1.29 is 4.79 Å². The standard InChI is InChI=1S/C10H16ClN3O/c1-2-3-4-5-6-12-10(15)9-8(11)7-13-14-9/h7H,2-6H2,1H3,(H,12,15)(H,13,14). The molecule has 15 heavy (non-hydrogen) atoms. The molecule has 0 radical (unpaired) electrons. The van der Waals surface area contributed by atoms with Crippen LogP contribution in [-0.2, 0) is 0 Å². The molecule has 84 valence electrons. The maximum atomic E-state index is 11.5. The van der Waals surface area contributed by atoms with Crippen LogP contribution in [0.5, 0.6) is 0 Å². The van der Waals surface area contributed by atoms with Crippen LogP contribution in [0.4, 0.5) is 0 Å². The highest BCUT2D eigenvalue weighted by atomic mass is 35.5. The Balaban J connectivity index is 2.22. The Kier molecular flexibility index (Phi) is 5.18. The van der Waals surface area contributed by atoms with E-state index in [0.717, 1.165) is 12.8 Å². The van der Waals surface area contributed by atoms with E-state index in [1.54, 1.807) is 0 Å². The number of carbonyl (C=O) groups excluding carboxylic acids is 1. The van der Waals surface area contributed by atoms with E-state index in [2.05, 4.69) is 22.4 Å². The van der Waals surface area contributed by atoms with Gasteiger partial charge in [-0.1, -0.05) is 37.8 Å². The summed E-state index contributed by atoms with van der Waals surface area (Å²) < 4.78 is 0. The van der Waals surface area contributed by atoms with Gasteiger partial charge in [-0.2, -0.15) is 5.10 Å². The normalized spacial score (nSPS) is 10.3. The molecule has 0 atom stereocenters. The monoisotopic (exact) mass is 229 g/mol. The van der Waals surface area contributed by atoms with Crippen LogP contribution in [0.3, 0.4) is 0 Å². The van der Waals surface area contributed by atoms with Gasteiger partial charge in [-0.15, -0.1) is 0 Å². The van der Waals surface area contributed by atoms with Gasteiger partial charge in [-0.3, -0.25) is 9.89 Å². The molecule has 0 aliphatic carbocycles. The molecular weight excluding hydrogens is 214 g/mol. The number of hydrogen-bond acceptors (Lipinski definition) is 2. The van der Waals surface area contributed by atoms with Crippen molar-refractivity contribution in [2.75, 3.05) is 6.54 Å². The van der Waals surface area contributed by atoms with Crippen molar-refractivity contribution in [3.63, 3.8) is 0 Å². The first-order valence-electron chi connectivity index (χ1n) is 5.22. The van der Waals surface area contributed by atoms with Crippen molar-refractivity contribution in [1.29, 1.82) is 0 Å². The first-order chi connectivity index (χ1) is 7.25. The molecule has 0 saturated carbocycles. The Morgan fingerprint density at radius 3 is 2.93 bits per heavy atom. The quantitative estimate of drug-likeness (QED) is 0.736. The van der Waals surface area contributed by atoms with Crippen LogP contribution in [-0.4, -0.2) is 22.6 Å². The molecular formula is C10H16ClN3O. The van der Waals surface area contributed by atoms with Gasteiger partial charge in [0, 0.05) is 6.54 Å². The summed E-state index contributed by atoms with van der Waals surface area (Å²) in [5, 5.41) is 9.40. The fourth-order valence-corrected chi connectivity index (χ4v) is 1.45. The average Bonchev–Trinajstić information content (AvgIpc) is 2.64. The minimum absolute atomic E-state index is 0.186. The summed E-state index contributed by atoms with van der Waals surface area (Å²) in [5.41, 5.74) is 0.340. The number of aromatic amines is 1. The van der Waals surface area contributed by atoms with Crippen LogP contribution < -0.4 is 5.32 Å². The maximum absolute atomic E-state index is 11.5. The Morgan fingerprint density at radius 2 is 2.33 bits per heavy atom. The molecule has 1 aromatic rings. The van der Waals surface area contributed by atoms with E-state index in [1.165, 1.54) is 19.0 Å². The van der Waals surface area contributed by atoms with Gasteiger partial charge >= 0.3 is 0 Å². The largest absolute Gasteiger partial charge is 0.351 e. The minimum atomic E-state index is -0.186. The van der Waals surface area contributed by atoms with E-state index in [4.69, 9.17) is 11.6 Å². The van der Waals surface area contributed by atoms with E-state index in [1.807, 2.05) is 0 Å². The van der Waals surface area contributed by atoms with Crippen molar-refractivity contribution in [2.24, 2.45) is 0 Å². The third kappa shape index (κ3) is 3.91. The predicted molar refractivity (Wildman–Crippen MR) is 60.1 cm³/mol. The van der Waals surface area contributed by atoms with Crippen molar-refractivity contribution >= 4 is 17.5 Å². The summed E-state index contributed by atoms with van der Waals surface area (Å²) in [7, 11) is 0. The molecule has 0 aliphatic rings. The zero-order valence-corrected chi connectivity index (χ0v) is 9.60. The summed E-state index contributed by atoms with van der Waals surface area (Å²) in [6.45, 7) is 2.84. The van der Waals surface area contributed by atoms with Crippen LogP contribution in [0, 0.1) is 0 Å². The molecule has 2 N–H and O–H groups in total. The van der Waals surface area contributed by atoms with E-state index in [0.29, 0.717) is 17.3 Å². The number of halogens is 1. The fourth-order valence-electron chi connectivity index (χ4n) is 1.27. The van der Waals surface area contributed by atoms with E-state index in [9.17, 15) is 4.79 Å². The molecule has 0 unspecified atom stereocenters. The van der Waals surface area contributed by atoms with Crippen molar-refractivity contribution in [3.8, 4) is 0 Å². The van der Waals surface area contributed by atoms with Crippen molar-refractivity contribution in [1.82, 2.24) is 15.5 Å². The average molecular weight is 230 g/mol. The zero-order chi connectivity index (χ0) is 11.1. The number of H-pyrrole nitrogens is 1. The van der Waals surface area contributed by atoms with Gasteiger partial charge in [0.2, 0.25) is 0 Å². The second kappa shape index (κ2) is 6.45. The van der Waals surface area contributed by atoms with Gasteiger partial charge in [-0.25, -0.2) is 0 Å². The topological polar surface area (TPSA) is 57.8 Å². The molecule has 0 spiro atoms. The van der Waals surface area contributed by atoms with Crippen LogP contribution in [0.2, 0.25) is 5.02 Å². The first kappa shape index (κ1) is 12.0. The molecule has 4 nitrogen and oxygen atoms in total. The number of nitrogens with one attached hydrogen (secondary N) is 2. The van der Waals surface area contributed by atoms with Crippen LogP contribution in [0.1, 0.15) is 43.1 Å². The Labute approximate surface area is 94.4 Å². The van der Waals surface area contributed by atoms with Crippen LogP contribution in [0.15, 0.2) is 6.20 Å². The lowest BCUT2D eigenvalue weighted by molar-refractivity contribution is 0.0948. The summed E-state index contributed by atoms with van der Waals surface area (Å²) in [5.74, 6) is -0.186. The van der Waals surface area contributed by atoms with E-state index >= 15 is 0 Å². The first-order valence-corrected chi connectivity index (χ1v) is 5.60. The molecule has 0 aromatic carbocycles. The SMILES string of the molecule is CCCCCCNC(=O)c1[nH]ncc1Cl. The Bertz CT molecular complexity index is 311. The molecule has 1 amide bonds. The van der Waals surface area contributed by atoms with Gasteiger partial charge in [0.15, 0.2) is 0 Å². The summed E-state index contributed by atoms with van der Waals surface area (Å²) >= 11 is 5.74. The van der Waals surface area contributed by atoms with E-state index in [-0.39, 0.29) is 5.91 Å². The smallest absolute Gasteiger partial charge is 0.270 e. The number of carbonyl (C=O) groups is 1. The number of amides is 1. The van der Waals surface area contributed by atoms with Crippen LogP contribution >= 0.6 is 11.6 Å². The number of unbranched alkanes of at least 4 members (excludes halogenated alkanes) is 3. The van der Waals surface area contributed by atoms with Gasteiger partial charge in [-0.05, 0) is 6.42 Å². The second-order valence-electron chi connectivity index (χ2n) is 3.41. The number of hydrogen-bond donors (Lipinski definition) is 2. The number of aromatic nitrogens is 2. The molecule has 1 rings (SSSR count). The summed E-state index contributed by atoms with van der Waals surface area (Å²) in [6, 6.07) is 0. The van der Waals surface area contributed by atoms with E-state index < -0.39 is 0 Å². The minimum Gasteiger partial charge on any atom is -0.351 e. The summed E-state index contributed by atoms with van der Waals surface area (Å²) in [6.07, 6.45) is 5.98. The maximum Gasteiger partial charge on any atom is 0.270 e. The molecule has 1 heterocycles. The molecule has 0 saturated heterocycles. The molecule has 5 heteroatoms. The lowest BCUT2D eigenvalue weighted by Gasteiger charge is -2.03. The zero-order valence-electron chi connectivity index (χ0n) is 8.85. The number of nitrogens with zero attached hydrogens (tertiary/aromatic N) is 1. The van der Waals surface area contributed by atoms with Crippen molar-refractivity contribution in [3.05, 3.63) is 16.9 Å². The Hall–Kier alpha value is -1.03. The van der Waals surface area contributed by atoms with Gasteiger partial charge < -0.3 is 5.32 Å². The highest BCUT2D eigenvalue weighted by Crippen LogP contribution is 2.10. The van der Waals surface area contributed by atoms with Gasteiger partial charge in [0.25, 0.3) is 5.91 Å². The van der Waals surface area contributed by atoms with Crippen LogP contribution in [0.25, 0.3) is 0 Å². The predicted octanol–water partition coefficient (Wildman–Crippen LogP) is 2.37. The third-order valence-electron chi connectivity index (χ3n) is 2.14. The molecule has 0 fully saturated rings. The molecule has 0 aliphatic heterocycles. The van der Waals surface area contributed by atoms with Gasteiger partial charge in [0.1, 0.15) is 5.69 Å². The summed E-state index contributed by atoms with van der Waals surface area (Å²) in [4.78, 5) is 11.5. The number of rotatable bonds is 6. The second-order valence-corrected chi connectivity index (χ2v) is 3.82. The third-order valence-corrected chi connectivity index (χ3v) is 2.42. The Morgan fingerprint density at radius 1 is 1.53 bits per heavy atom. The van der Waals surface area contributed by atoms with Gasteiger partial charge in [0.05, 0.1) is 11.2 Å². The lowest BCUT2D eigenvalue weighted by atomic mass is 10.2. The fraction of sp³-hybridized carbons (Fsp3) is 0.600. The molecule has 1 aromatic heterocycles. The highest BCUT2D eigenvalue weighted by Gasteiger charge is 2.10.